The van der Waals surface area contributed by atoms with E-state index in [4.69, 9.17) is 0 Å². The maximum atomic E-state index is 9.85. The topological polar surface area (TPSA) is 60.7 Å². The molecule has 3 heteroatoms. The van der Waals surface area contributed by atoms with Gasteiger partial charge in [0.25, 0.3) is 0 Å². The van der Waals surface area contributed by atoms with Gasteiger partial charge in [-0.25, -0.2) is 0 Å². The van der Waals surface area contributed by atoms with Crippen molar-refractivity contribution in [1.29, 1.82) is 0 Å². The Balaban J connectivity index is 3.65. The van der Waals surface area contributed by atoms with Crippen molar-refractivity contribution in [2.75, 3.05) is 0 Å². The number of aliphatic hydroxyl groups excluding tert-OH is 1. The van der Waals surface area contributed by atoms with E-state index in [0.29, 0.717) is 6.42 Å². The summed E-state index contributed by atoms with van der Waals surface area (Å²) in [6.45, 7) is 4.32. The normalized spacial score (nSPS) is 13.7. The molecule has 0 bridgehead atoms. The Morgan fingerprint density at radius 1 is 0.737 bits per heavy atom. The Bertz CT molecular complexity index is 192. The molecule has 0 aromatic rings. The second-order valence-electron chi connectivity index (χ2n) is 5.76. The van der Waals surface area contributed by atoms with Crippen molar-refractivity contribution in [2.45, 2.75) is 103 Å². The van der Waals surface area contributed by atoms with E-state index in [0.717, 1.165) is 32.1 Å². The fourth-order valence-electron chi connectivity index (χ4n) is 2.33. The lowest BCUT2D eigenvalue weighted by atomic mass is 9.97. The van der Waals surface area contributed by atoms with Crippen LogP contribution in [-0.2, 0) is 0 Å². The predicted molar refractivity (Wildman–Crippen MR) is 79.9 cm³/mol. The van der Waals surface area contributed by atoms with Crippen molar-refractivity contribution in [2.24, 2.45) is 0 Å². The fourth-order valence-corrected chi connectivity index (χ4v) is 2.33. The largest absolute Gasteiger partial charge is 0.388 e. The monoisotopic (exact) mass is 274 g/mol. The molecule has 116 valence electrons. The first-order chi connectivity index (χ1) is 9.04. The minimum Gasteiger partial charge on any atom is -0.388 e. The van der Waals surface area contributed by atoms with Crippen LogP contribution in [0.15, 0.2) is 0 Å². The molecule has 19 heavy (non-hydrogen) atoms. The van der Waals surface area contributed by atoms with Crippen molar-refractivity contribution in [3.8, 4) is 0 Å². The Morgan fingerprint density at radius 3 is 1.74 bits per heavy atom. The standard InChI is InChI=1S/C16H34O3/c1-3-5-7-9-11-13-15(17)16(18,19)14-12-10-8-6-4-2/h15,17-19H,3-14H2,1-2H3. The number of rotatable bonds is 13. The first kappa shape index (κ1) is 18.9. The molecule has 0 fully saturated rings. The van der Waals surface area contributed by atoms with Crippen LogP contribution < -0.4 is 0 Å². The molecule has 1 unspecified atom stereocenters. The zero-order valence-corrected chi connectivity index (χ0v) is 12.9. The van der Waals surface area contributed by atoms with E-state index < -0.39 is 11.9 Å². The number of unbranched alkanes of at least 4 members (excludes halogenated alkanes) is 8. The third-order valence-electron chi connectivity index (χ3n) is 3.76. The van der Waals surface area contributed by atoms with Crippen LogP contribution in [0.3, 0.4) is 0 Å². The fraction of sp³-hybridized carbons (Fsp3) is 1.00. The first-order valence-corrected chi connectivity index (χ1v) is 8.17. The third kappa shape index (κ3) is 10.3. The lowest BCUT2D eigenvalue weighted by Gasteiger charge is -2.27. The van der Waals surface area contributed by atoms with E-state index >= 15 is 0 Å². The SMILES string of the molecule is CCCCCCCC(O)C(O)(O)CCCCCCC. The maximum Gasteiger partial charge on any atom is 0.189 e. The molecule has 3 N–H and O–H groups in total. The van der Waals surface area contributed by atoms with Gasteiger partial charge in [0.15, 0.2) is 5.79 Å². The van der Waals surface area contributed by atoms with Gasteiger partial charge in [-0.2, -0.15) is 0 Å². The summed E-state index contributed by atoms with van der Waals surface area (Å²) in [6, 6.07) is 0. The Kier molecular flexibility index (Phi) is 11.6. The highest BCUT2D eigenvalue weighted by Gasteiger charge is 2.31. The van der Waals surface area contributed by atoms with E-state index in [1.165, 1.54) is 32.1 Å². The molecule has 0 spiro atoms. The first-order valence-electron chi connectivity index (χ1n) is 8.17. The van der Waals surface area contributed by atoms with Crippen molar-refractivity contribution in [3.63, 3.8) is 0 Å². The highest BCUT2D eigenvalue weighted by atomic mass is 16.5. The van der Waals surface area contributed by atoms with Crippen molar-refractivity contribution in [3.05, 3.63) is 0 Å². The molecule has 0 amide bonds. The molecule has 0 aliphatic heterocycles. The Hall–Kier alpha value is -0.120. The van der Waals surface area contributed by atoms with Gasteiger partial charge >= 0.3 is 0 Å². The van der Waals surface area contributed by atoms with Crippen LogP contribution >= 0.6 is 0 Å². The van der Waals surface area contributed by atoms with Gasteiger partial charge in [0, 0.05) is 6.42 Å². The number of hydrogen-bond acceptors (Lipinski definition) is 3. The minimum atomic E-state index is -1.89. The summed E-state index contributed by atoms with van der Waals surface area (Å²) in [5, 5.41) is 29.5. The molecule has 3 nitrogen and oxygen atoms in total. The van der Waals surface area contributed by atoms with Gasteiger partial charge in [-0.15, -0.1) is 0 Å². The molecular formula is C16H34O3. The second-order valence-corrected chi connectivity index (χ2v) is 5.76. The molecule has 0 saturated heterocycles. The molecule has 0 saturated carbocycles. The Morgan fingerprint density at radius 2 is 1.21 bits per heavy atom. The lowest BCUT2D eigenvalue weighted by Crippen LogP contribution is -2.42. The lowest BCUT2D eigenvalue weighted by molar-refractivity contribution is -0.230. The van der Waals surface area contributed by atoms with Gasteiger partial charge in [-0.3, -0.25) is 0 Å². The van der Waals surface area contributed by atoms with Crippen LogP contribution in [0.1, 0.15) is 90.9 Å². The van der Waals surface area contributed by atoms with Crippen LogP contribution in [0.5, 0.6) is 0 Å². The van der Waals surface area contributed by atoms with Crippen LogP contribution in [-0.4, -0.2) is 27.2 Å². The molecule has 0 rings (SSSR count). The average Bonchev–Trinajstić information content (AvgIpc) is 2.38. The summed E-state index contributed by atoms with van der Waals surface area (Å²) in [6.07, 6.45) is 10.6. The van der Waals surface area contributed by atoms with E-state index in [9.17, 15) is 15.3 Å². The third-order valence-corrected chi connectivity index (χ3v) is 3.76. The summed E-state index contributed by atoms with van der Waals surface area (Å²) in [5.41, 5.74) is 0. The maximum absolute atomic E-state index is 9.85. The van der Waals surface area contributed by atoms with Crippen molar-refractivity contribution < 1.29 is 15.3 Å². The summed E-state index contributed by atoms with van der Waals surface area (Å²) < 4.78 is 0. The molecular weight excluding hydrogens is 240 g/mol. The molecule has 0 heterocycles. The van der Waals surface area contributed by atoms with Gasteiger partial charge in [0.1, 0.15) is 6.10 Å². The molecule has 0 aromatic carbocycles. The van der Waals surface area contributed by atoms with Gasteiger partial charge < -0.3 is 15.3 Å². The molecule has 0 radical (unpaired) electrons. The minimum absolute atomic E-state index is 0.285. The summed E-state index contributed by atoms with van der Waals surface area (Å²) in [5.74, 6) is -1.89. The van der Waals surface area contributed by atoms with Crippen molar-refractivity contribution in [1.82, 2.24) is 0 Å². The Labute approximate surface area is 119 Å². The summed E-state index contributed by atoms with van der Waals surface area (Å²) >= 11 is 0. The van der Waals surface area contributed by atoms with E-state index in [-0.39, 0.29) is 6.42 Å². The van der Waals surface area contributed by atoms with E-state index in [2.05, 4.69) is 13.8 Å². The summed E-state index contributed by atoms with van der Waals surface area (Å²) in [4.78, 5) is 0. The van der Waals surface area contributed by atoms with Crippen LogP contribution in [0.4, 0.5) is 0 Å². The zero-order valence-electron chi connectivity index (χ0n) is 12.9. The zero-order chi connectivity index (χ0) is 14.6. The highest BCUT2D eigenvalue weighted by Crippen LogP contribution is 2.21. The second kappa shape index (κ2) is 11.7. The van der Waals surface area contributed by atoms with Crippen LogP contribution in [0, 0.1) is 0 Å². The highest BCUT2D eigenvalue weighted by molar-refractivity contribution is 4.75. The smallest absolute Gasteiger partial charge is 0.189 e. The van der Waals surface area contributed by atoms with E-state index in [1.807, 2.05) is 0 Å². The van der Waals surface area contributed by atoms with Gasteiger partial charge in [-0.1, -0.05) is 71.6 Å². The molecule has 0 aromatic heterocycles. The predicted octanol–water partition coefficient (Wildman–Crippen LogP) is 3.75. The number of hydrogen-bond donors (Lipinski definition) is 3. The number of aliphatic hydroxyl groups is 3. The summed E-state index contributed by atoms with van der Waals surface area (Å²) in [7, 11) is 0. The molecule has 1 atom stereocenters. The molecule has 0 aliphatic rings. The molecule has 0 aliphatic carbocycles. The van der Waals surface area contributed by atoms with Crippen LogP contribution in [0.25, 0.3) is 0 Å². The van der Waals surface area contributed by atoms with E-state index in [1.54, 1.807) is 0 Å². The van der Waals surface area contributed by atoms with Crippen LogP contribution in [0.2, 0.25) is 0 Å². The quantitative estimate of drug-likeness (QED) is 0.354. The van der Waals surface area contributed by atoms with Gasteiger partial charge in [0.05, 0.1) is 0 Å². The average molecular weight is 274 g/mol. The van der Waals surface area contributed by atoms with Gasteiger partial charge in [-0.05, 0) is 12.8 Å². The van der Waals surface area contributed by atoms with Gasteiger partial charge in [0.2, 0.25) is 0 Å². The van der Waals surface area contributed by atoms with Crippen molar-refractivity contribution >= 4 is 0 Å².